The van der Waals surface area contributed by atoms with Gasteiger partial charge in [-0.2, -0.15) is 4.68 Å². The number of hydrogen-bond acceptors (Lipinski definition) is 6. The fraction of sp³-hybridized carbons (Fsp3) is 0.300. The lowest BCUT2D eigenvalue weighted by atomic mass is 10.2. The Morgan fingerprint density at radius 1 is 1.00 bits per heavy atom. The van der Waals surface area contributed by atoms with Gasteiger partial charge in [-0.15, -0.1) is 5.10 Å². The zero-order valence-corrected chi connectivity index (χ0v) is 16.5. The van der Waals surface area contributed by atoms with Crippen LogP contribution in [-0.2, 0) is 11.5 Å². The van der Waals surface area contributed by atoms with Crippen molar-refractivity contribution in [3.05, 3.63) is 63.9 Å². The molecule has 9 heteroatoms. The minimum absolute atomic E-state index is 0.0943. The summed E-state index contributed by atoms with van der Waals surface area (Å²) in [5, 5.41) is 12.1. The lowest BCUT2D eigenvalue weighted by molar-refractivity contribution is -0.117. The van der Waals surface area contributed by atoms with Crippen LogP contribution in [0.5, 0.6) is 0 Å². The van der Waals surface area contributed by atoms with Gasteiger partial charge in [0, 0.05) is 26.2 Å². The van der Waals surface area contributed by atoms with Crippen molar-refractivity contribution in [3.63, 3.8) is 0 Å². The second-order valence-corrected chi connectivity index (χ2v) is 7.38. The third kappa shape index (κ3) is 4.61. The summed E-state index contributed by atoms with van der Waals surface area (Å²) in [5.74, 6) is -0.0943. The van der Waals surface area contributed by atoms with Gasteiger partial charge in [-0.25, -0.2) is 0 Å². The van der Waals surface area contributed by atoms with Gasteiger partial charge < -0.3 is 5.32 Å². The average molecular weight is 413 g/mol. The second kappa shape index (κ2) is 8.69. The second-order valence-electron chi connectivity index (χ2n) is 6.97. The maximum Gasteiger partial charge on any atom is 0.278 e. The van der Waals surface area contributed by atoms with E-state index in [-0.39, 0.29) is 11.5 Å². The first-order valence-corrected chi connectivity index (χ1v) is 9.79. The van der Waals surface area contributed by atoms with E-state index in [4.69, 9.17) is 11.6 Å². The molecule has 2 heterocycles. The summed E-state index contributed by atoms with van der Waals surface area (Å²) in [6, 6.07) is 14.4. The summed E-state index contributed by atoms with van der Waals surface area (Å²) in [4.78, 5) is 29.1. The molecule has 1 fully saturated rings. The summed E-state index contributed by atoms with van der Waals surface area (Å²) in [5.41, 5.74) is 1.08. The molecule has 0 bridgehead atoms. The standard InChI is InChI=1S/C20H21ClN6O2/c21-16-6-2-4-8-18(16)22-19(28)13-25-9-11-26(12-10-25)14-27-20(29)15-5-1-3-7-17(15)23-24-27/h1-8H,9-14H2,(H,22,28). The van der Waals surface area contributed by atoms with Gasteiger partial charge in [-0.05, 0) is 24.3 Å². The Bertz CT molecular complexity index is 1080. The maximum absolute atomic E-state index is 12.6. The van der Waals surface area contributed by atoms with E-state index < -0.39 is 0 Å². The molecule has 1 amide bonds. The molecule has 1 aliphatic rings. The van der Waals surface area contributed by atoms with Crippen LogP contribution in [0.25, 0.3) is 10.9 Å². The Labute approximate surface area is 172 Å². The lowest BCUT2D eigenvalue weighted by Crippen LogP contribution is -2.49. The Morgan fingerprint density at radius 2 is 1.69 bits per heavy atom. The van der Waals surface area contributed by atoms with E-state index in [0.29, 0.717) is 34.8 Å². The Kier molecular flexibility index (Phi) is 5.84. The van der Waals surface area contributed by atoms with Crippen LogP contribution in [0.4, 0.5) is 5.69 Å². The highest BCUT2D eigenvalue weighted by Gasteiger charge is 2.20. The van der Waals surface area contributed by atoms with Crippen LogP contribution < -0.4 is 10.9 Å². The molecule has 8 nitrogen and oxygen atoms in total. The summed E-state index contributed by atoms with van der Waals surface area (Å²) >= 11 is 6.08. The van der Waals surface area contributed by atoms with Crippen LogP contribution >= 0.6 is 11.6 Å². The van der Waals surface area contributed by atoms with Gasteiger partial charge in [0.05, 0.1) is 29.3 Å². The number of para-hydroxylation sites is 1. The number of halogens is 1. The first kappa shape index (κ1) is 19.5. The van der Waals surface area contributed by atoms with Crippen molar-refractivity contribution in [2.45, 2.75) is 6.67 Å². The minimum atomic E-state index is -0.142. The summed E-state index contributed by atoms with van der Waals surface area (Å²) in [6.07, 6.45) is 0. The van der Waals surface area contributed by atoms with Gasteiger partial charge in [-0.3, -0.25) is 19.4 Å². The molecule has 0 saturated carbocycles. The number of carbonyl (C=O) groups excluding carboxylic acids is 1. The quantitative estimate of drug-likeness (QED) is 0.686. The van der Waals surface area contributed by atoms with E-state index in [2.05, 4.69) is 25.4 Å². The summed E-state index contributed by atoms with van der Waals surface area (Å²) in [7, 11) is 0. The highest BCUT2D eigenvalue weighted by atomic mass is 35.5. The first-order chi connectivity index (χ1) is 14.1. The Balaban J connectivity index is 1.31. The lowest BCUT2D eigenvalue weighted by Gasteiger charge is -2.34. The summed E-state index contributed by atoms with van der Waals surface area (Å²) in [6.45, 7) is 3.61. The number of nitrogens with one attached hydrogen (secondary N) is 1. The number of anilines is 1. The first-order valence-electron chi connectivity index (χ1n) is 9.42. The molecular formula is C20H21ClN6O2. The molecule has 29 heavy (non-hydrogen) atoms. The highest BCUT2D eigenvalue weighted by molar-refractivity contribution is 6.33. The van der Waals surface area contributed by atoms with Gasteiger partial charge in [0.25, 0.3) is 5.56 Å². The van der Waals surface area contributed by atoms with Crippen LogP contribution in [0.15, 0.2) is 53.3 Å². The number of carbonyl (C=O) groups is 1. The van der Waals surface area contributed by atoms with E-state index in [0.717, 1.165) is 26.2 Å². The van der Waals surface area contributed by atoms with Crippen molar-refractivity contribution in [1.29, 1.82) is 0 Å². The number of nitrogens with zero attached hydrogens (tertiary/aromatic N) is 5. The predicted octanol–water partition coefficient (Wildman–Crippen LogP) is 1.66. The Hall–Kier alpha value is -2.81. The molecule has 1 N–H and O–H groups in total. The van der Waals surface area contributed by atoms with E-state index in [1.165, 1.54) is 4.68 Å². The van der Waals surface area contributed by atoms with Gasteiger partial charge in [-0.1, -0.05) is 41.1 Å². The molecule has 150 valence electrons. The van der Waals surface area contributed by atoms with Gasteiger partial charge in [0.2, 0.25) is 5.91 Å². The van der Waals surface area contributed by atoms with Crippen molar-refractivity contribution in [1.82, 2.24) is 24.8 Å². The molecule has 0 aliphatic carbocycles. The van der Waals surface area contributed by atoms with Gasteiger partial charge >= 0.3 is 0 Å². The number of aromatic nitrogens is 3. The molecule has 2 aromatic carbocycles. The van der Waals surface area contributed by atoms with Crippen molar-refractivity contribution in [2.24, 2.45) is 0 Å². The number of benzene rings is 2. The van der Waals surface area contributed by atoms with E-state index in [1.54, 1.807) is 24.3 Å². The molecular weight excluding hydrogens is 392 g/mol. The van der Waals surface area contributed by atoms with Gasteiger partial charge in [0.1, 0.15) is 5.52 Å². The molecule has 1 aliphatic heterocycles. The van der Waals surface area contributed by atoms with Crippen LogP contribution in [0.2, 0.25) is 5.02 Å². The largest absolute Gasteiger partial charge is 0.324 e. The zero-order valence-electron chi connectivity index (χ0n) is 15.8. The zero-order chi connectivity index (χ0) is 20.2. The number of rotatable bonds is 5. The van der Waals surface area contributed by atoms with Crippen LogP contribution in [0.1, 0.15) is 0 Å². The Morgan fingerprint density at radius 3 is 2.48 bits per heavy atom. The third-order valence-corrected chi connectivity index (χ3v) is 5.27. The fourth-order valence-corrected chi connectivity index (χ4v) is 3.53. The number of fused-ring (bicyclic) bond motifs is 1. The smallest absolute Gasteiger partial charge is 0.278 e. The molecule has 3 aromatic rings. The van der Waals surface area contributed by atoms with Crippen molar-refractivity contribution >= 4 is 34.1 Å². The van der Waals surface area contributed by atoms with E-state index in [9.17, 15) is 9.59 Å². The van der Waals surface area contributed by atoms with Crippen LogP contribution in [0.3, 0.4) is 0 Å². The number of amides is 1. The van der Waals surface area contributed by atoms with E-state index >= 15 is 0 Å². The molecule has 0 unspecified atom stereocenters. The van der Waals surface area contributed by atoms with Crippen LogP contribution in [-0.4, -0.2) is 63.4 Å². The predicted molar refractivity (Wildman–Crippen MR) is 112 cm³/mol. The molecule has 0 atom stereocenters. The van der Waals surface area contributed by atoms with Crippen molar-refractivity contribution in [2.75, 3.05) is 38.0 Å². The molecule has 1 saturated heterocycles. The van der Waals surface area contributed by atoms with Gasteiger partial charge in [0.15, 0.2) is 0 Å². The van der Waals surface area contributed by atoms with Crippen LogP contribution in [0, 0.1) is 0 Å². The normalized spacial score (nSPS) is 15.5. The summed E-state index contributed by atoms with van der Waals surface area (Å²) < 4.78 is 1.39. The third-order valence-electron chi connectivity index (χ3n) is 4.94. The molecule has 1 aromatic heterocycles. The van der Waals surface area contributed by atoms with E-state index in [1.807, 2.05) is 24.3 Å². The number of hydrogen-bond donors (Lipinski definition) is 1. The highest BCUT2D eigenvalue weighted by Crippen LogP contribution is 2.20. The minimum Gasteiger partial charge on any atom is -0.324 e. The topological polar surface area (TPSA) is 83.4 Å². The molecule has 0 spiro atoms. The van der Waals surface area contributed by atoms with Crippen molar-refractivity contribution < 1.29 is 4.79 Å². The molecule has 4 rings (SSSR count). The SMILES string of the molecule is O=C(CN1CCN(Cn2nnc3ccccc3c2=O)CC1)Nc1ccccc1Cl. The number of piperazine rings is 1. The maximum atomic E-state index is 12.6. The monoisotopic (exact) mass is 412 g/mol. The average Bonchev–Trinajstić information content (AvgIpc) is 2.73. The molecule has 0 radical (unpaired) electrons. The fourth-order valence-electron chi connectivity index (χ4n) is 3.35. The van der Waals surface area contributed by atoms with Crippen molar-refractivity contribution in [3.8, 4) is 0 Å².